The number of halogens is 2. The summed E-state index contributed by atoms with van der Waals surface area (Å²) in [7, 11) is 1.50. The summed E-state index contributed by atoms with van der Waals surface area (Å²) >= 11 is 3.35. The van der Waals surface area contributed by atoms with E-state index in [1.807, 2.05) is 24.3 Å². The zero-order valence-corrected chi connectivity index (χ0v) is 11.4. The maximum absolute atomic E-state index is 13.9. The van der Waals surface area contributed by atoms with Crippen molar-refractivity contribution in [1.82, 2.24) is 0 Å². The zero-order chi connectivity index (χ0) is 13.1. The fraction of sp³-hybridized carbons (Fsp3) is 0.143. The van der Waals surface area contributed by atoms with E-state index in [2.05, 4.69) is 15.9 Å². The lowest BCUT2D eigenvalue weighted by Crippen LogP contribution is -2.13. The molecule has 0 aromatic heterocycles. The first-order valence-corrected chi connectivity index (χ1v) is 6.25. The number of hydrogen-bond donors (Lipinski definition) is 1. The Balaban J connectivity index is 2.33. The molecule has 0 aliphatic heterocycles. The van der Waals surface area contributed by atoms with Gasteiger partial charge in [0.05, 0.1) is 13.2 Å². The van der Waals surface area contributed by atoms with Gasteiger partial charge in [0, 0.05) is 16.1 Å². The van der Waals surface area contributed by atoms with Gasteiger partial charge in [0.1, 0.15) is 11.6 Å². The molecule has 2 nitrogen and oxygen atoms in total. The van der Waals surface area contributed by atoms with Gasteiger partial charge in [-0.3, -0.25) is 0 Å². The molecule has 0 saturated heterocycles. The Kier molecular flexibility index (Phi) is 3.99. The smallest absolute Gasteiger partial charge is 0.132 e. The molecule has 0 fully saturated rings. The molecule has 2 rings (SSSR count). The minimum atomic E-state index is -0.482. The summed E-state index contributed by atoms with van der Waals surface area (Å²) < 4.78 is 19.8. The zero-order valence-electron chi connectivity index (χ0n) is 9.86. The molecule has 2 aromatic rings. The Morgan fingerprint density at radius 2 is 1.83 bits per heavy atom. The van der Waals surface area contributed by atoms with E-state index in [9.17, 15) is 4.39 Å². The molecule has 4 heteroatoms. The van der Waals surface area contributed by atoms with Crippen LogP contribution in [0.5, 0.6) is 5.75 Å². The molecule has 0 amide bonds. The molecule has 0 spiro atoms. The van der Waals surface area contributed by atoms with Crippen molar-refractivity contribution in [2.45, 2.75) is 6.04 Å². The first kappa shape index (κ1) is 13.1. The van der Waals surface area contributed by atoms with Gasteiger partial charge in [0.2, 0.25) is 0 Å². The normalized spacial score (nSPS) is 12.2. The summed E-state index contributed by atoms with van der Waals surface area (Å²) in [5.41, 5.74) is 7.38. The van der Waals surface area contributed by atoms with Gasteiger partial charge in [-0.15, -0.1) is 0 Å². The predicted molar refractivity (Wildman–Crippen MR) is 73.1 cm³/mol. The molecular formula is C14H13BrFNO. The Morgan fingerprint density at radius 1 is 1.17 bits per heavy atom. The highest BCUT2D eigenvalue weighted by Gasteiger charge is 2.14. The molecule has 2 N–H and O–H groups in total. The van der Waals surface area contributed by atoms with Crippen molar-refractivity contribution in [3.8, 4) is 5.75 Å². The maximum Gasteiger partial charge on any atom is 0.132 e. The summed E-state index contributed by atoms with van der Waals surface area (Å²) in [6.45, 7) is 0. The van der Waals surface area contributed by atoms with Crippen LogP contribution in [0.1, 0.15) is 17.2 Å². The summed E-state index contributed by atoms with van der Waals surface area (Å²) in [6, 6.07) is 11.7. The summed E-state index contributed by atoms with van der Waals surface area (Å²) in [5.74, 6) is 0.129. The number of ether oxygens (including phenoxy) is 1. The first-order chi connectivity index (χ1) is 8.61. The maximum atomic E-state index is 13.9. The largest absolute Gasteiger partial charge is 0.497 e. The number of nitrogens with two attached hydrogens (primary N) is 1. The van der Waals surface area contributed by atoms with E-state index in [1.54, 1.807) is 12.1 Å². The van der Waals surface area contributed by atoms with Crippen LogP contribution in [-0.2, 0) is 0 Å². The lowest BCUT2D eigenvalue weighted by molar-refractivity contribution is 0.410. The van der Waals surface area contributed by atoms with Crippen molar-refractivity contribution in [1.29, 1.82) is 0 Å². The van der Waals surface area contributed by atoms with Crippen molar-refractivity contribution in [3.05, 3.63) is 63.9 Å². The molecule has 0 bridgehead atoms. The highest BCUT2D eigenvalue weighted by molar-refractivity contribution is 9.10. The number of methoxy groups -OCH3 is 1. The number of rotatable bonds is 3. The van der Waals surface area contributed by atoms with E-state index in [1.165, 1.54) is 13.2 Å². The molecule has 1 atom stereocenters. The Bertz CT molecular complexity index is 542. The van der Waals surface area contributed by atoms with Gasteiger partial charge in [-0.2, -0.15) is 0 Å². The molecule has 94 valence electrons. The van der Waals surface area contributed by atoms with Crippen LogP contribution in [0.2, 0.25) is 0 Å². The van der Waals surface area contributed by atoms with E-state index in [0.29, 0.717) is 11.3 Å². The van der Waals surface area contributed by atoms with Gasteiger partial charge < -0.3 is 10.5 Å². The fourth-order valence-corrected chi connectivity index (χ4v) is 2.00. The van der Waals surface area contributed by atoms with Crippen LogP contribution in [0.4, 0.5) is 4.39 Å². The van der Waals surface area contributed by atoms with Crippen LogP contribution < -0.4 is 10.5 Å². The average Bonchev–Trinajstić information content (AvgIpc) is 2.38. The van der Waals surface area contributed by atoms with Gasteiger partial charge in [-0.25, -0.2) is 4.39 Å². The third-order valence-electron chi connectivity index (χ3n) is 2.77. The van der Waals surface area contributed by atoms with Crippen molar-refractivity contribution in [2.75, 3.05) is 7.11 Å². The molecule has 0 saturated carbocycles. The lowest BCUT2D eigenvalue weighted by Gasteiger charge is -2.14. The molecule has 2 aromatic carbocycles. The van der Waals surface area contributed by atoms with E-state index in [0.717, 1.165) is 10.0 Å². The second-order valence-electron chi connectivity index (χ2n) is 3.92. The molecular weight excluding hydrogens is 297 g/mol. The molecule has 0 aliphatic carbocycles. The Labute approximate surface area is 114 Å². The number of benzene rings is 2. The first-order valence-electron chi connectivity index (χ1n) is 5.46. The highest BCUT2D eigenvalue weighted by atomic mass is 79.9. The van der Waals surface area contributed by atoms with Crippen LogP contribution in [0.15, 0.2) is 46.9 Å². The Hall–Kier alpha value is -1.39. The van der Waals surface area contributed by atoms with Crippen LogP contribution in [0.25, 0.3) is 0 Å². The second kappa shape index (κ2) is 5.50. The average molecular weight is 310 g/mol. The van der Waals surface area contributed by atoms with Gasteiger partial charge in [0.25, 0.3) is 0 Å². The summed E-state index contributed by atoms with van der Waals surface area (Å²) in [5, 5.41) is 0. The predicted octanol–water partition coefficient (Wildman–Crippen LogP) is 3.64. The monoisotopic (exact) mass is 309 g/mol. The fourth-order valence-electron chi connectivity index (χ4n) is 1.74. The quantitative estimate of drug-likeness (QED) is 0.939. The van der Waals surface area contributed by atoms with Crippen LogP contribution >= 0.6 is 15.9 Å². The molecule has 0 aliphatic rings. The van der Waals surface area contributed by atoms with E-state index >= 15 is 0 Å². The van der Waals surface area contributed by atoms with Crippen LogP contribution in [0, 0.1) is 5.82 Å². The lowest BCUT2D eigenvalue weighted by atomic mass is 9.99. The summed E-state index contributed by atoms with van der Waals surface area (Å²) in [4.78, 5) is 0. The Morgan fingerprint density at radius 3 is 2.39 bits per heavy atom. The second-order valence-corrected chi connectivity index (χ2v) is 4.83. The highest BCUT2D eigenvalue weighted by Crippen LogP contribution is 2.26. The topological polar surface area (TPSA) is 35.2 Å². The van der Waals surface area contributed by atoms with Crippen molar-refractivity contribution in [2.24, 2.45) is 5.73 Å². The van der Waals surface area contributed by atoms with E-state index in [-0.39, 0.29) is 5.82 Å². The van der Waals surface area contributed by atoms with E-state index < -0.39 is 6.04 Å². The minimum Gasteiger partial charge on any atom is -0.497 e. The molecule has 18 heavy (non-hydrogen) atoms. The van der Waals surface area contributed by atoms with Crippen LogP contribution in [-0.4, -0.2) is 7.11 Å². The third-order valence-corrected chi connectivity index (χ3v) is 3.30. The molecule has 0 radical (unpaired) electrons. The SMILES string of the molecule is COc1ccc(C(N)c2ccc(Br)cc2)c(F)c1. The molecule has 1 unspecified atom stereocenters. The van der Waals surface area contributed by atoms with Gasteiger partial charge in [0.15, 0.2) is 0 Å². The van der Waals surface area contributed by atoms with Crippen LogP contribution in [0.3, 0.4) is 0 Å². The minimum absolute atomic E-state index is 0.357. The van der Waals surface area contributed by atoms with Crippen molar-refractivity contribution < 1.29 is 9.13 Å². The standard InChI is InChI=1S/C14H13BrFNO/c1-18-11-6-7-12(13(16)8-11)14(17)9-2-4-10(15)5-3-9/h2-8,14H,17H2,1H3. The van der Waals surface area contributed by atoms with Gasteiger partial charge >= 0.3 is 0 Å². The van der Waals surface area contributed by atoms with Crippen molar-refractivity contribution in [3.63, 3.8) is 0 Å². The molecule has 0 heterocycles. The van der Waals surface area contributed by atoms with Gasteiger partial charge in [-0.1, -0.05) is 34.1 Å². The van der Waals surface area contributed by atoms with Gasteiger partial charge in [-0.05, 0) is 23.8 Å². The third kappa shape index (κ3) is 2.71. The summed E-state index contributed by atoms with van der Waals surface area (Å²) in [6.07, 6.45) is 0. The number of hydrogen-bond acceptors (Lipinski definition) is 2. The van der Waals surface area contributed by atoms with Crippen molar-refractivity contribution >= 4 is 15.9 Å². The van der Waals surface area contributed by atoms with E-state index in [4.69, 9.17) is 10.5 Å².